The van der Waals surface area contributed by atoms with E-state index in [0.717, 1.165) is 13.1 Å². The molecule has 0 aliphatic carbocycles. The van der Waals surface area contributed by atoms with Gasteiger partial charge in [0.2, 0.25) is 0 Å². The Hall–Kier alpha value is -1.93. The van der Waals surface area contributed by atoms with Gasteiger partial charge in [-0.25, -0.2) is 4.79 Å². The second-order valence-electron chi connectivity index (χ2n) is 5.77. The Kier molecular flexibility index (Phi) is 10.2. The Bertz CT molecular complexity index is 746. The summed E-state index contributed by atoms with van der Waals surface area (Å²) in [4.78, 5) is 18.4. The van der Waals surface area contributed by atoms with E-state index in [0.29, 0.717) is 35.2 Å². The zero-order valence-corrected chi connectivity index (χ0v) is 17.6. The van der Waals surface area contributed by atoms with Gasteiger partial charge in [-0.15, -0.1) is 24.8 Å². The summed E-state index contributed by atoms with van der Waals surface area (Å²) in [5.74, 6) is 1.11. The van der Waals surface area contributed by atoms with Gasteiger partial charge in [0.1, 0.15) is 11.5 Å². The Morgan fingerprint density at radius 2 is 2.04 bits per heavy atom. The van der Waals surface area contributed by atoms with Gasteiger partial charge in [0.25, 0.3) is 0 Å². The zero-order chi connectivity index (χ0) is 18.4. The highest BCUT2D eigenvalue weighted by molar-refractivity contribution is 6.32. The van der Waals surface area contributed by atoms with Crippen molar-refractivity contribution in [1.29, 1.82) is 0 Å². The fraction of sp³-hybridized carbons (Fsp3) is 0.333. The summed E-state index contributed by atoms with van der Waals surface area (Å²) >= 11 is 6.24. The van der Waals surface area contributed by atoms with E-state index in [2.05, 4.69) is 15.6 Å². The molecule has 0 bridgehead atoms. The second-order valence-corrected chi connectivity index (χ2v) is 6.17. The van der Waals surface area contributed by atoms with E-state index in [1.807, 2.05) is 6.07 Å². The molecule has 1 unspecified atom stereocenters. The molecule has 2 N–H and O–H groups in total. The van der Waals surface area contributed by atoms with Crippen molar-refractivity contribution in [3.8, 4) is 11.5 Å². The number of aromatic nitrogens is 1. The number of nitrogens with zero attached hydrogens (tertiary/aromatic N) is 2. The topological polar surface area (TPSA) is 75.7 Å². The maximum absolute atomic E-state index is 12.6. The number of hydrogen-bond acceptors (Lipinski definition) is 5. The van der Waals surface area contributed by atoms with Crippen LogP contribution >= 0.6 is 36.4 Å². The summed E-state index contributed by atoms with van der Waals surface area (Å²) in [7, 11) is 1.55. The van der Waals surface area contributed by atoms with Crippen LogP contribution in [0.15, 0.2) is 42.7 Å². The Balaban J connectivity index is 0.00000196. The molecule has 1 aliphatic heterocycles. The van der Waals surface area contributed by atoms with Crippen LogP contribution in [0.25, 0.3) is 0 Å². The molecule has 1 aromatic carbocycles. The first-order valence-electron chi connectivity index (χ1n) is 8.33. The maximum Gasteiger partial charge on any atom is 0.320 e. The average Bonchev–Trinajstić information content (AvgIpc) is 2.69. The van der Waals surface area contributed by atoms with E-state index in [1.165, 1.54) is 0 Å². The molecule has 0 saturated carbocycles. The summed E-state index contributed by atoms with van der Waals surface area (Å²) in [6.45, 7) is 2.84. The van der Waals surface area contributed by atoms with E-state index in [1.54, 1.807) is 48.7 Å². The molecule has 0 radical (unpaired) electrons. The predicted octanol–water partition coefficient (Wildman–Crippen LogP) is 3.28. The van der Waals surface area contributed by atoms with Crippen molar-refractivity contribution in [1.82, 2.24) is 20.5 Å². The van der Waals surface area contributed by atoms with Crippen LogP contribution in [0.3, 0.4) is 0 Å². The Morgan fingerprint density at radius 1 is 1.29 bits per heavy atom. The number of halogens is 3. The number of pyridine rings is 1. The molecular formula is C18H23Cl3N4O3. The molecule has 2 aromatic rings. The fourth-order valence-electron chi connectivity index (χ4n) is 2.65. The largest absolute Gasteiger partial charge is 0.495 e. The summed E-state index contributed by atoms with van der Waals surface area (Å²) in [5, 5.41) is 6.59. The molecule has 2 amide bonds. The summed E-state index contributed by atoms with van der Waals surface area (Å²) in [5.41, 5.74) is 0.711. The van der Waals surface area contributed by atoms with E-state index in [9.17, 15) is 4.79 Å². The molecular weight excluding hydrogens is 427 g/mol. The number of carbonyl (C=O) groups excluding carboxylic acids is 1. The number of methoxy groups -OCH3 is 1. The standard InChI is InChI=1S/C18H21ClN4O3.2ClH/c1-25-16-5-4-13(11-15(16)19)17(26-14-3-2-6-21-12-14)22-18(24)23-9-7-20-8-10-23;;/h2-6,11-12,17,20H,7-10H2,1H3,(H,22,24);2*1H. The number of carbonyl (C=O) groups is 1. The zero-order valence-electron chi connectivity index (χ0n) is 15.3. The van der Waals surface area contributed by atoms with Crippen molar-refractivity contribution in [2.24, 2.45) is 0 Å². The third-order valence-electron chi connectivity index (χ3n) is 4.03. The number of ether oxygens (including phenoxy) is 2. The first kappa shape index (κ1) is 24.1. The number of nitrogens with one attached hydrogen (secondary N) is 2. The van der Waals surface area contributed by atoms with Crippen LogP contribution in [0.4, 0.5) is 4.79 Å². The highest BCUT2D eigenvalue weighted by Crippen LogP contribution is 2.29. The lowest BCUT2D eigenvalue weighted by Crippen LogP contribution is -2.51. The molecule has 3 rings (SSSR count). The van der Waals surface area contributed by atoms with Gasteiger partial charge in [-0.1, -0.05) is 11.6 Å². The molecule has 1 fully saturated rings. The van der Waals surface area contributed by atoms with Crippen LogP contribution in [0.5, 0.6) is 11.5 Å². The highest BCUT2D eigenvalue weighted by atomic mass is 35.5. The Morgan fingerprint density at radius 3 is 2.64 bits per heavy atom. The first-order chi connectivity index (χ1) is 12.7. The van der Waals surface area contributed by atoms with Gasteiger partial charge in [0.15, 0.2) is 6.23 Å². The van der Waals surface area contributed by atoms with Crippen LogP contribution in [-0.4, -0.2) is 49.2 Å². The minimum Gasteiger partial charge on any atom is -0.495 e. The molecule has 0 spiro atoms. The van der Waals surface area contributed by atoms with Crippen molar-refractivity contribution in [2.75, 3.05) is 33.3 Å². The third kappa shape index (κ3) is 6.31. The van der Waals surface area contributed by atoms with Crippen LogP contribution in [0.1, 0.15) is 11.8 Å². The van der Waals surface area contributed by atoms with Crippen LogP contribution < -0.4 is 20.1 Å². The first-order valence-corrected chi connectivity index (χ1v) is 8.71. The van der Waals surface area contributed by atoms with Gasteiger partial charge in [-0.05, 0) is 30.3 Å². The fourth-order valence-corrected chi connectivity index (χ4v) is 2.92. The molecule has 154 valence electrons. The van der Waals surface area contributed by atoms with E-state index in [4.69, 9.17) is 21.1 Å². The van der Waals surface area contributed by atoms with Gasteiger partial charge >= 0.3 is 6.03 Å². The molecule has 7 nitrogen and oxygen atoms in total. The van der Waals surface area contributed by atoms with Gasteiger partial charge in [-0.3, -0.25) is 10.3 Å². The van der Waals surface area contributed by atoms with Gasteiger partial charge in [0, 0.05) is 37.9 Å². The monoisotopic (exact) mass is 448 g/mol. The lowest BCUT2D eigenvalue weighted by atomic mass is 10.2. The van der Waals surface area contributed by atoms with Crippen LogP contribution in [0, 0.1) is 0 Å². The number of rotatable bonds is 5. The molecule has 1 aromatic heterocycles. The molecule has 10 heteroatoms. The molecule has 28 heavy (non-hydrogen) atoms. The van der Waals surface area contributed by atoms with Gasteiger partial charge in [-0.2, -0.15) is 0 Å². The van der Waals surface area contributed by atoms with Crippen molar-refractivity contribution in [2.45, 2.75) is 6.23 Å². The quantitative estimate of drug-likeness (QED) is 0.685. The number of benzene rings is 1. The van der Waals surface area contributed by atoms with Gasteiger partial charge < -0.3 is 19.7 Å². The summed E-state index contributed by atoms with van der Waals surface area (Å²) in [6, 6.07) is 8.64. The summed E-state index contributed by atoms with van der Waals surface area (Å²) in [6.07, 6.45) is 2.55. The van der Waals surface area contributed by atoms with Crippen molar-refractivity contribution in [3.05, 3.63) is 53.3 Å². The van der Waals surface area contributed by atoms with Crippen LogP contribution in [-0.2, 0) is 0 Å². The molecule has 1 atom stereocenters. The number of piperazine rings is 1. The third-order valence-corrected chi connectivity index (χ3v) is 4.32. The Labute approximate surface area is 181 Å². The van der Waals surface area contributed by atoms with Crippen LogP contribution in [0.2, 0.25) is 5.02 Å². The lowest BCUT2D eigenvalue weighted by molar-refractivity contribution is 0.139. The summed E-state index contributed by atoms with van der Waals surface area (Å²) < 4.78 is 11.1. The lowest BCUT2D eigenvalue weighted by Gasteiger charge is -2.30. The second kappa shape index (κ2) is 11.8. The van der Waals surface area contributed by atoms with Gasteiger partial charge in [0.05, 0.1) is 18.3 Å². The average molecular weight is 450 g/mol. The van der Waals surface area contributed by atoms with E-state index < -0.39 is 6.23 Å². The smallest absolute Gasteiger partial charge is 0.320 e. The van der Waals surface area contributed by atoms with Crippen molar-refractivity contribution >= 4 is 42.4 Å². The molecule has 2 heterocycles. The predicted molar refractivity (Wildman–Crippen MR) is 113 cm³/mol. The minimum absolute atomic E-state index is 0. The van der Waals surface area contributed by atoms with Crippen molar-refractivity contribution < 1.29 is 14.3 Å². The molecule has 1 saturated heterocycles. The highest BCUT2D eigenvalue weighted by Gasteiger charge is 2.22. The number of urea groups is 1. The number of amides is 2. The normalized spacial score (nSPS) is 14.1. The maximum atomic E-state index is 12.6. The minimum atomic E-state index is -0.704. The van der Waals surface area contributed by atoms with E-state index >= 15 is 0 Å². The van der Waals surface area contributed by atoms with Crippen molar-refractivity contribution in [3.63, 3.8) is 0 Å². The molecule has 1 aliphatic rings. The van der Waals surface area contributed by atoms with E-state index in [-0.39, 0.29) is 30.8 Å². The SMILES string of the molecule is COc1ccc(C(NC(=O)N2CCNCC2)Oc2cccnc2)cc1Cl.Cl.Cl. The number of hydrogen-bond donors (Lipinski definition) is 2.